The lowest BCUT2D eigenvalue weighted by atomic mass is 10.0. The Labute approximate surface area is 232 Å². The summed E-state index contributed by atoms with van der Waals surface area (Å²) in [5.41, 5.74) is 0.640. The van der Waals surface area contributed by atoms with Crippen LogP contribution in [0.2, 0.25) is 0 Å². The average Bonchev–Trinajstić information content (AvgIpc) is 2.90. The van der Waals surface area contributed by atoms with Gasteiger partial charge in [-0.15, -0.1) is 0 Å². The summed E-state index contributed by atoms with van der Waals surface area (Å²) in [6, 6.07) is 4.05. The van der Waals surface area contributed by atoms with Crippen LogP contribution < -0.4 is 14.8 Å². The summed E-state index contributed by atoms with van der Waals surface area (Å²) in [6.07, 6.45) is 2.49. The molecule has 0 spiro atoms. The Morgan fingerprint density at radius 3 is 1.95 bits per heavy atom. The number of benzene rings is 1. The van der Waals surface area contributed by atoms with E-state index in [1.54, 1.807) is 39.0 Å². The first-order chi connectivity index (χ1) is 18.6. The van der Waals surface area contributed by atoms with Crippen molar-refractivity contribution >= 4 is 24.1 Å². The van der Waals surface area contributed by atoms with Crippen LogP contribution in [0.1, 0.15) is 79.2 Å². The molecule has 0 amide bonds. The normalized spacial score (nSPS) is 13.9. The highest BCUT2D eigenvalue weighted by Crippen LogP contribution is 2.31. The Balaban J connectivity index is 3.10. The van der Waals surface area contributed by atoms with Gasteiger partial charge in [0.05, 0.1) is 25.6 Å². The lowest BCUT2D eigenvalue weighted by Crippen LogP contribution is -2.43. The molecule has 0 heterocycles. The van der Waals surface area contributed by atoms with Crippen LogP contribution in [0.3, 0.4) is 0 Å². The number of hydrogen-bond donors (Lipinski definition) is 1. The maximum atomic E-state index is 12.7. The van der Waals surface area contributed by atoms with Gasteiger partial charge in [-0.2, -0.15) is 0 Å². The third-order valence-electron chi connectivity index (χ3n) is 5.98. The molecule has 0 aliphatic rings. The predicted molar refractivity (Wildman–Crippen MR) is 146 cm³/mol. The van der Waals surface area contributed by atoms with E-state index in [9.17, 15) is 19.2 Å². The largest absolute Gasteiger partial charge is 0.508 e. The van der Waals surface area contributed by atoms with E-state index in [1.165, 1.54) is 7.11 Å². The van der Waals surface area contributed by atoms with Crippen molar-refractivity contribution in [2.75, 3.05) is 20.3 Å². The Kier molecular flexibility index (Phi) is 15.8. The van der Waals surface area contributed by atoms with E-state index in [0.717, 1.165) is 12.8 Å². The molecule has 0 fully saturated rings. The van der Waals surface area contributed by atoms with Gasteiger partial charge in [-0.25, -0.2) is 4.79 Å². The van der Waals surface area contributed by atoms with Gasteiger partial charge in [0.1, 0.15) is 12.1 Å². The molecule has 10 heteroatoms. The van der Waals surface area contributed by atoms with Crippen LogP contribution in [-0.2, 0) is 35.0 Å². The topological polar surface area (TPSA) is 126 Å². The Morgan fingerprint density at radius 2 is 1.41 bits per heavy atom. The zero-order valence-corrected chi connectivity index (χ0v) is 24.4. The molecule has 0 aliphatic carbocycles. The van der Waals surface area contributed by atoms with E-state index in [-0.39, 0.29) is 42.9 Å². The van der Waals surface area contributed by atoms with Crippen molar-refractivity contribution in [3.63, 3.8) is 0 Å². The molecule has 220 valence electrons. The molecular formula is C29H45NO9. The van der Waals surface area contributed by atoms with Gasteiger partial charge in [-0.1, -0.05) is 53.5 Å². The average molecular weight is 552 g/mol. The summed E-state index contributed by atoms with van der Waals surface area (Å²) in [7, 11) is 1.28. The molecule has 3 unspecified atom stereocenters. The molecule has 0 saturated carbocycles. The van der Waals surface area contributed by atoms with Crippen molar-refractivity contribution in [1.82, 2.24) is 5.32 Å². The molecule has 0 aromatic heterocycles. The molecule has 0 bridgehead atoms. The zero-order valence-electron chi connectivity index (χ0n) is 24.4. The molecule has 0 radical (unpaired) electrons. The third-order valence-corrected chi connectivity index (χ3v) is 5.98. The van der Waals surface area contributed by atoms with Crippen LogP contribution >= 0.6 is 0 Å². The second-order valence-corrected chi connectivity index (χ2v) is 9.72. The molecule has 0 aliphatic heterocycles. The minimum atomic E-state index is -0.784. The van der Waals surface area contributed by atoms with E-state index < -0.39 is 36.2 Å². The number of methoxy groups -OCH3 is 1. The number of hydrogen-bond acceptors (Lipinski definition) is 10. The molecule has 1 aromatic carbocycles. The molecule has 39 heavy (non-hydrogen) atoms. The second-order valence-electron chi connectivity index (χ2n) is 9.72. The highest BCUT2D eigenvalue weighted by Gasteiger charge is 2.24. The fourth-order valence-corrected chi connectivity index (χ4v) is 3.71. The Bertz CT molecular complexity index is 933. The smallest absolute Gasteiger partial charge is 0.468 e. The zero-order chi connectivity index (χ0) is 29.4. The highest BCUT2D eigenvalue weighted by atomic mass is 16.7. The van der Waals surface area contributed by atoms with Gasteiger partial charge in [0.15, 0.2) is 11.5 Å². The molecule has 10 nitrogen and oxygen atoms in total. The van der Waals surface area contributed by atoms with Crippen molar-refractivity contribution in [3.05, 3.63) is 23.8 Å². The van der Waals surface area contributed by atoms with Crippen LogP contribution in [0, 0.1) is 11.8 Å². The van der Waals surface area contributed by atoms with Crippen LogP contribution in [0.15, 0.2) is 18.2 Å². The number of carbonyl (C=O) groups is 4. The summed E-state index contributed by atoms with van der Waals surface area (Å²) >= 11 is 0. The number of nitrogens with one attached hydrogen (secondary N) is 1. The Hall–Kier alpha value is -3.14. The monoisotopic (exact) mass is 551 g/mol. The van der Waals surface area contributed by atoms with Gasteiger partial charge < -0.3 is 29.0 Å². The maximum absolute atomic E-state index is 12.7. The minimum Gasteiger partial charge on any atom is -0.468 e. The molecule has 4 atom stereocenters. The summed E-state index contributed by atoms with van der Waals surface area (Å²) in [5.74, 6) is -1.77. The highest BCUT2D eigenvalue weighted by molar-refractivity contribution is 5.79. The van der Waals surface area contributed by atoms with E-state index in [1.807, 2.05) is 20.8 Å². The number of carbonyl (C=O) groups excluding carboxylic acids is 4. The Morgan fingerprint density at radius 1 is 0.821 bits per heavy atom. The van der Waals surface area contributed by atoms with Gasteiger partial charge in [0.2, 0.25) is 0 Å². The summed E-state index contributed by atoms with van der Waals surface area (Å²) in [6.45, 7) is 11.5. The number of ether oxygens (including phenoxy) is 5. The van der Waals surface area contributed by atoms with Gasteiger partial charge >= 0.3 is 24.1 Å². The SMILES string of the molecule is CCCOC(=O)OC(C)CN[C@@H](Cc1ccc(OC(=O)C(C)CCC)c(OC(=O)C(C)CCC)c1)C(=O)OC. The van der Waals surface area contributed by atoms with Crippen molar-refractivity contribution in [2.45, 2.75) is 92.2 Å². The second kappa shape index (κ2) is 18.2. The van der Waals surface area contributed by atoms with Gasteiger partial charge in [0, 0.05) is 6.54 Å². The van der Waals surface area contributed by atoms with E-state index in [2.05, 4.69) is 5.32 Å². The molecular weight excluding hydrogens is 506 g/mol. The lowest BCUT2D eigenvalue weighted by molar-refractivity contribution is -0.143. The van der Waals surface area contributed by atoms with E-state index in [4.69, 9.17) is 23.7 Å². The standard InChI is InChI=1S/C29H45NO9/c1-8-11-19(4)26(31)38-24-14-13-22(17-25(24)39-27(32)20(5)12-9-2)16-23(28(33)35-7)30-18-21(6)37-29(34)36-15-10-3/h13-14,17,19-21,23,30H,8-12,15-16,18H2,1-7H3/t19?,20?,21?,23-/m0/s1. The molecule has 1 aromatic rings. The molecule has 0 saturated heterocycles. The van der Waals surface area contributed by atoms with Gasteiger partial charge in [0.25, 0.3) is 0 Å². The lowest BCUT2D eigenvalue weighted by Gasteiger charge is -2.20. The summed E-state index contributed by atoms with van der Waals surface area (Å²) < 4.78 is 26.3. The summed E-state index contributed by atoms with van der Waals surface area (Å²) in [4.78, 5) is 49.5. The van der Waals surface area contributed by atoms with E-state index in [0.29, 0.717) is 24.8 Å². The minimum absolute atomic E-state index is 0.108. The first kappa shape index (κ1) is 33.9. The van der Waals surface area contributed by atoms with Crippen LogP contribution in [0.5, 0.6) is 11.5 Å². The quantitative estimate of drug-likeness (QED) is 0.209. The predicted octanol–water partition coefficient (Wildman–Crippen LogP) is 5.00. The van der Waals surface area contributed by atoms with Crippen LogP contribution in [-0.4, -0.2) is 56.5 Å². The van der Waals surface area contributed by atoms with Gasteiger partial charge in [-0.3, -0.25) is 14.4 Å². The fraction of sp³-hybridized carbons (Fsp3) is 0.655. The first-order valence-electron chi connectivity index (χ1n) is 13.8. The van der Waals surface area contributed by atoms with Crippen LogP contribution in [0.25, 0.3) is 0 Å². The van der Waals surface area contributed by atoms with E-state index >= 15 is 0 Å². The summed E-state index contributed by atoms with van der Waals surface area (Å²) in [5, 5.41) is 3.05. The fourth-order valence-electron chi connectivity index (χ4n) is 3.71. The van der Waals surface area contributed by atoms with Crippen molar-refractivity contribution in [2.24, 2.45) is 11.8 Å². The number of rotatable bonds is 17. The van der Waals surface area contributed by atoms with Crippen molar-refractivity contribution < 1.29 is 42.9 Å². The van der Waals surface area contributed by atoms with Crippen molar-refractivity contribution in [3.8, 4) is 11.5 Å². The maximum Gasteiger partial charge on any atom is 0.508 e. The molecule has 1 N–H and O–H groups in total. The number of esters is 3. The first-order valence-corrected chi connectivity index (χ1v) is 13.8. The van der Waals surface area contributed by atoms with Crippen molar-refractivity contribution in [1.29, 1.82) is 0 Å². The molecule has 1 rings (SSSR count). The van der Waals surface area contributed by atoms with Gasteiger partial charge in [-0.05, 0) is 50.3 Å². The third kappa shape index (κ3) is 12.5. The van der Waals surface area contributed by atoms with Crippen LogP contribution in [0.4, 0.5) is 4.79 Å².